The van der Waals surface area contributed by atoms with Crippen LogP contribution in [0.15, 0.2) is 23.5 Å². The van der Waals surface area contributed by atoms with E-state index >= 15 is 0 Å². The molecule has 0 aromatic carbocycles. The number of carbonyl (C=O) groups is 2. The number of hydrogen-bond acceptors (Lipinski definition) is 5. The number of allylic oxidation sites excluding steroid dienone is 2. The van der Waals surface area contributed by atoms with Gasteiger partial charge in [-0.05, 0) is 49.1 Å². The number of fused-ring (bicyclic) bond motifs is 8. The molecular formula is C33H31MgN4O4-. The van der Waals surface area contributed by atoms with Crippen molar-refractivity contribution in [2.24, 2.45) is 11.8 Å². The number of nitrogens with one attached hydrogen (secondary N) is 1. The molecule has 210 valence electrons. The third kappa shape index (κ3) is 4.09. The Morgan fingerprint density at radius 1 is 1.07 bits per heavy atom. The average molecular weight is 572 g/mol. The molecule has 2 atom stereocenters. The minimum atomic E-state index is -1.11. The van der Waals surface area contributed by atoms with Crippen LogP contribution in [0.1, 0.15) is 70.5 Å². The number of Topliss-reactive ketones (excluding diaryl/α,β-unsaturated/α-hetero) is 1. The normalized spacial score (nSPS) is 22.0. The molecule has 0 amide bonds. The molecule has 3 aliphatic rings. The van der Waals surface area contributed by atoms with E-state index in [2.05, 4.69) is 18.8 Å². The second-order valence-corrected chi connectivity index (χ2v) is 10.8. The van der Waals surface area contributed by atoms with Crippen molar-refractivity contribution in [3.8, 4) is 0 Å². The molecule has 0 saturated heterocycles. The van der Waals surface area contributed by atoms with Gasteiger partial charge in [-0.15, -0.1) is 33.1 Å². The molecule has 2 aliphatic heterocycles. The summed E-state index contributed by atoms with van der Waals surface area (Å²) in [4.78, 5) is 41.6. The Morgan fingerprint density at radius 2 is 1.79 bits per heavy atom. The molecule has 3 aromatic heterocycles. The van der Waals surface area contributed by atoms with Gasteiger partial charge in [-0.2, -0.15) is 0 Å². The Labute approximate surface area is 259 Å². The van der Waals surface area contributed by atoms with Crippen molar-refractivity contribution in [2.75, 3.05) is 7.11 Å². The van der Waals surface area contributed by atoms with Crippen LogP contribution in [0.2, 0.25) is 0 Å². The van der Waals surface area contributed by atoms with Crippen LogP contribution in [-0.2, 0) is 16.0 Å². The Bertz CT molecular complexity index is 2020. The van der Waals surface area contributed by atoms with Gasteiger partial charge in [0.15, 0.2) is 5.78 Å². The smallest absolute Gasteiger partial charge is 0.657 e. The van der Waals surface area contributed by atoms with Crippen LogP contribution >= 0.6 is 0 Å². The summed E-state index contributed by atoms with van der Waals surface area (Å²) in [6.07, 6.45) is 9.20. The molecule has 0 spiro atoms. The second kappa shape index (κ2) is 10.7. The molecule has 42 heavy (non-hydrogen) atoms. The fourth-order valence-electron chi connectivity index (χ4n) is 6.28. The van der Waals surface area contributed by atoms with E-state index in [0.29, 0.717) is 61.5 Å². The summed E-state index contributed by atoms with van der Waals surface area (Å²) in [6, 6.07) is 0. The fourth-order valence-corrected chi connectivity index (χ4v) is 6.28. The van der Waals surface area contributed by atoms with Crippen molar-refractivity contribution in [3.63, 3.8) is 0 Å². The third-order valence-corrected chi connectivity index (χ3v) is 8.75. The molecule has 0 unspecified atom stereocenters. The first-order valence-electron chi connectivity index (χ1n) is 13.7. The summed E-state index contributed by atoms with van der Waals surface area (Å²) in [6.45, 7) is 13.9. The fraction of sp³-hybridized carbons (Fsp3) is 0.273. The van der Waals surface area contributed by atoms with Crippen molar-refractivity contribution >= 4 is 70.9 Å². The first-order chi connectivity index (χ1) is 19.6. The van der Waals surface area contributed by atoms with Crippen LogP contribution < -0.4 is 41.5 Å². The summed E-state index contributed by atoms with van der Waals surface area (Å²) < 4.78 is 5.10. The number of aromatic nitrogens is 3. The predicted octanol–water partition coefficient (Wildman–Crippen LogP) is 0.957. The summed E-state index contributed by atoms with van der Waals surface area (Å²) in [5.41, 5.74) is 9.06. The maximum atomic E-state index is 13.8. The summed E-state index contributed by atoms with van der Waals surface area (Å²) in [5.74, 6) is -2.06. The van der Waals surface area contributed by atoms with E-state index in [4.69, 9.17) is 19.7 Å². The number of ether oxygens (including phenoxy) is 1. The maximum Gasteiger partial charge on any atom is 2.00 e. The molecule has 8 bridgehead atoms. The van der Waals surface area contributed by atoms with Gasteiger partial charge in [-0.3, -0.25) is 9.59 Å². The van der Waals surface area contributed by atoms with Gasteiger partial charge in [0.2, 0.25) is 0 Å². The van der Waals surface area contributed by atoms with E-state index in [1.165, 1.54) is 7.11 Å². The first kappa shape index (κ1) is 29.5. The van der Waals surface area contributed by atoms with Crippen LogP contribution in [0.25, 0.3) is 36.1 Å². The van der Waals surface area contributed by atoms with Crippen molar-refractivity contribution in [2.45, 2.75) is 41.0 Å². The number of carbonyl (C=O) groups excluding carboxylic acids is 2. The molecular weight excluding hydrogens is 541 g/mol. The van der Waals surface area contributed by atoms with Gasteiger partial charge in [-0.25, -0.2) is 0 Å². The molecule has 0 radical (unpaired) electrons. The number of esters is 1. The van der Waals surface area contributed by atoms with Crippen molar-refractivity contribution < 1.29 is 19.4 Å². The van der Waals surface area contributed by atoms with Crippen LogP contribution in [0.4, 0.5) is 0 Å². The SMILES string of the molecule is C=Cc1c2[n-]c(c1C)/C=C1\NC(=C(C)[C@@H]1C)C1=c3[n-]/c(c(C)c3C(=O)[C@@H]1C(=O)OC)=C\c1[n-]c(/c(=C\O)c1CC)=C\2.[Mg+2]. The molecule has 9 heteroatoms. The standard InChI is InChI=1S/C33H31N4O4.Mg/c1-8-18-16(5)22-10-21-14(3)15(4)30(36-21)28-29(33(40)41-7)32(39)27-17(6)23(37-31(27)28)11-25-19(9-2)20(13-38)26(35-25)12-24(18)34-22;/h8,10-14,29,36H,1,9H2,2-7H3,(H,38,39);/q-3;+2/b21-10-,26-12-;/t14-,29+;/m0./s1. The average Bonchev–Trinajstić information content (AvgIpc) is 3.70. The van der Waals surface area contributed by atoms with Gasteiger partial charge in [0, 0.05) is 22.9 Å². The molecule has 6 rings (SSSR count). The van der Waals surface area contributed by atoms with Crippen molar-refractivity contribution in [1.29, 1.82) is 0 Å². The summed E-state index contributed by atoms with van der Waals surface area (Å²) >= 11 is 0. The number of aliphatic hydroxyl groups is 1. The van der Waals surface area contributed by atoms with E-state index in [1.807, 2.05) is 45.9 Å². The van der Waals surface area contributed by atoms with Crippen molar-refractivity contribution in [1.82, 2.24) is 20.3 Å². The van der Waals surface area contributed by atoms with Gasteiger partial charge < -0.3 is 30.1 Å². The van der Waals surface area contributed by atoms with E-state index in [9.17, 15) is 14.7 Å². The predicted molar refractivity (Wildman–Crippen MR) is 163 cm³/mol. The number of hydrogen-bond donors (Lipinski definition) is 2. The number of rotatable bonds is 3. The van der Waals surface area contributed by atoms with Crippen LogP contribution in [0, 0.1) is 25.7 Å². The summed E-state index contributed by atoms with van der Waals surface area (Å²) in [5, 5.41) is 16.0. The summed E-state index contributed by atoms with van der Waals surface area (Å²) in [7, 11) is 1.29. The van der Waals surface area contributed by atoms with Gasteiger partial charge in [0.25, 0.3) is 0 Å². The Balaban J connectivity index is 0.00000353. The van der Waals surface area contributed by atoms with Gasteiger partial charge in [0.1, 0.15) is 5.92 Å². The van der Waals surface area contributed by atoms with Gasteiger partial charge >= 0.3 is 29.0 Å². The Kier molecular flexibility index (Phi) is 7.53. The number of nitrogens with zero attached hydrogens (tertiary/aromatic N) is 3. The minimum absolute atomic E-state index is 0. The largest absolute Gasteiger partial charge is 2.00 e. The molecule has 5 heterocycles. The Hall–Kier alpha value is -3.95. The monoisotopic (exact) mass is 571 g/mol. The number of methoxy groups -OCH3 is 1. The van der Waals surface area contributed by atoms with E-state index in [0.717, 1.165) is 39.9 Å². The third-order valence-electron chi connectivity index (χ3n) is 8.75. The number of ketones is 1. The number of aliphatic hydroxyl groups excluding tert-OH is 1. The van der Waals surface area contributed by atoms with Gasteiger partial charge in [-0.1, -0.05) is 61.4 Å². The molecule has 0 saturated carbocycles. The topological polar surface area (TPSA) is 118 Å². The molecule has 0 fully saturated rings. The first-order valence-corrected chi connectivity index (χ1v) is 13.7. The molecule has 8 nitrogen and oxygen atoms in total. The molecule has 2 N–H and O–H groups in total. The van der Waals surface area contributed by atoms with E-state index in [1.54, 1.807) is 6.08 Å². The molecule has 3 aromatic rings. The zero-order valence-corrected chi connectivity index (χ0v) is 26.1. The zero-order valence-electron chi connectivity index (χ0n) is 24.7. The van der Waals surface area contributed by atoms with Crippen LogP contribution in [0.3, 0.4) is 0 Å². The van der Waals surface area contributed by atoms with Crippen LogP contribution in [0.5, 0.6) is 0 Å². The van der Waals surface area contributed by atoms with E-state index < -0.39 is 11.9 Å². The maximum absolute atomic E-state index is 13.8. The molecule has 1 aliphatic carbocycles. The van der Waals surface area contributed by atoms with Gasteiger partial charge in [0.05, 0.1) is 13.4 Å². The van der Waals surface area contributed by atoms with E-state index in [-0.39, 0.29) is 34.8 Å². The van der Waals surface area contributed by atoms with Crippen LogP contribution in [-0.4, -0.2) is 47.0 Å². The second-order valence-electron chi connectivity index (χ2n) is 10.8. The Morgan fingerprint density at radius 3 is 2.43 bits per heavy atom. The minimum Gasteiger partial charge on any atom is -0.657 e. The quantitative estimate of drug-likeness (QED) is 0.271. The van der Waals surface area contributed by atoms with Crippen molar-refractivity contribution in [3.05, 3.63) is 89.7 Å². The zero-order chi connectivity index (χ0) is 29.3.